The molecule has 1 nitrogen and oxygen atoms in total. The molecule has 1 aromatic carbocycles. The van der Waals surface area contributed by atoms with Crippen molar-refractivity contribution in [3.8, 4) is 0 Å². The first-order chi connectivity index (χ1) is 7.04. The first-order valence-corrected chi connectivity index (χ1v) is 4.82. The van der Waals surface area contributed by atoms with Crippen molar-refractivity contribution in [2.24, 2.45) is 0 Å². The van der Waals surface area contributed by atoms with Gasteiger partial charge in [0.15, 0.2) is 0 Å². The average molecular weight is 211 g/mol. The summed E-state index contributed by atoms with van der Waals surface area (Å²) in [6.07, 6.45) is 1.86. The summed E-state index contributed by atoms with van der Waals surface area (Å²) in [5.41, 5.74) is 1.39. The Bertz CT molecular complexity index is 368. The van der Waals surface area contributed by atoms with Crippen molar-refractivity contribution in [3.05, 3.63) is 47.0 Å². The number of allylic oxidation sites excluding steroid dienone is 1. The standard InChI is InChI=1S/C12H15F2N/c1-8(2)6-12(15-3)10-7-9(13)4-5-11(10)14/h4-7,12,15H,1-3H3. The molecule has 0 aromatic heterocycles. The number of halogens is 2. The average Bonchev–Trinajstić information content (AvgIpc) is 2.18. The minimum atomic E-state index is -0.422. The van der Waals surface area contributed by atoms with Gasteiger partial charge >= 0.3 is 0 Å². The van der Waals surface area contributed by atoms with Crippen LogP contribution in [0, 0.1) is 11.6 Å². The van der Waals surface area contributed by atoms with Gasteiger partial charge in [-0.2, -0.15) is 0 Å². The van der Waals surface area contributed by atoms with E-state index in [1.54, 1.807) is 7.05 Å². The summed E-state index contributed by atoms with van der Waals surface area (Å²) in [5.74, 6) is -0.818. The van der Waals surface area contributed by atoms with Gasteiger partial charge in [0, 0.05) is 5.56 Å². The molecule has 1 rings (SSSR count). The van der Waals surface area contributed by atoms with Crippen LogP contribution < -0.4 is 5.32 Å². The van der Waals surface area contributed by atoms with Crippen molar-refractivity contribution in [2.45, 2.75) is 19.9 Å². The van der Waals surface area contributed by atoms with E-state index in [9.17, 15) is 8.78 Å². The van der Waals surface area contributed by atoms with Gasteiger partial charge in [-0.3, -0.25) is 0 Å². The fraction of sp³-hybridized carbons (Fsp3) is 0.333. The van der Waals surface area contributed by atoms with E-state index >= 15 is 0 Å². The number of likely N-dealkylation sites (N-methyl/N-ethyl adjacent to an activating group) is 1. The summed E-state index contributed by atoms with van der Waals surface area (Å²) < 4.78 is 26.4. The normalized spacial score (nSPS) is 12.3. The lowest BCUT2D eigenvalue weighted by molar-refractivity contribution is 0.562. The van der Waals surface area contributed by atoms with Crippen LogP contribution in [0.3, 0.4) is 0 Å². The van der Waals surface area contributed by atoms with E-state index in [1.807, 2.05) is 19.9 Å². The van der Waals surface area contributed by atoms with Gasteiger partial charge in [0.2, 0.25) is 0 Å². The number of hydrogen-bond acceptors (Lipinski definition) is 1. The van der Waals surface area contributed by atoms with Crippen molar-refractivity contribution in [1.29, 1.82) is 0 Å². The molecule has 3 heteroatoms. The van der Waals surface area contributed by atoms with E-state index in [0.29, 0.717) is 5.56 Å². The van der Waals surface area contributed by atoms with Crippen molar-refractivity contribution in [2.75, 3.05) is 7.05 Å². The molecule has 0 spiro atoms. The Balaban J connectivity index is 3.11. The summed E-state index contributed by atoms with van der Waals surface area (Å²) in [5, 5.41) is 2.93. The van der Waals surface area contributed by atoms with E-state index in [2.05, 4.69) is 5.32 Å². The fourth-order valence-electron chi connectivity index (χ4n) is 1.41. The van der Waals surface area contributed by atoms with Crippen LogP contribution in [-0.4, -0.2) is 7.05 Å². The predicted molar refractivity (Wildman–Crippen MR) is 57.6 cm³/mol. The number of rotatable bonds is 3. The second-order valence-corrected chi connectivity index (χ2v) is 3.68. The van der Waals surface area contributed by atoms with E-state index in [-0.39, 0.29) is 6.04 Å². The molecule has 0 saturated carbocycles. The Labute approximate surface area is 88.8 Å². The third kappa shape index (κ3) is 3.13. The molecule has 0 aliphatic carbocycles. The highest BCUT2D eigenvalue weighted by Gasteiger charge is 2.12. The number of hydrogen-bond donors (Lipinski definition) is 1. The van der Waals surface area contributed by atoms with Crippen molar-refractivity contribution >= 4 is 0 Å². The summed E-state index contributed by atoms with van der Waals surface area (Å²) in [7, 11) is 1.72. The first-order valence-electron chi connectivity index (χ1n) is 4.82. The molecule has 15 heavy (non-hydrogen) atoms. The minimum Gasteiger partial charge on any atom is -0.310 e. The zero-order valence-corrected chi connectivity index (χ0v) is 9.14. The van der Waals surface area contributed by atoms with Crippen molar-refractivity contribution in [3.63, 3.8) is 0 Å². The van der Waals surface area contributed by atoms with Crippen LogP contribution in [0.15, 0.2) is 29.8 Å². The maximum Gasteiger partial charge on any atom is 0.128 e. The van der Waals surface area contributed by atoms with Gasteiger partial charge in [-0.25, -0.2) is 8.78 Å². The second-order valence-electron chi connectivity index (χ2n) is 3.68. The molecular weight excluding hydrogens is 196 g/mol. The van der Waals surface area contributed by atoms with E-state index in [0.717, 1.165) is 17.7 Å². The Morgan fingerprint density at radius 3 is 2.53 bits per heavy atom. The van der Waals surface area contributed by atoms with E-state index in [1.165, 1.54) is 6.07 Å². The molecule has 1 N–H and O–H groups in total. The molecule has 0 amide bonds. The summed E-state index contributed by atoms with van der Waals surface area (Å²) in [6, 6.07) is 3.20. The van der Waals surface area contributed by atoms with Crippen molar-refractivity contribution < 1.29 is 8.78 Å². The molecule has 0 aliphatic heterocycles. The SMILES string of the molecule is CNC(C=C(C)C)c1cc(F)ccc1F. The smallest absolute Gasteiger partial charge is 0.128 e. The molecule has 0 saturated heterocycles. The quantitative estimate of drug-likeness (QED) is 0.757. The van der Waals surface area contributed by atoms with Gasteiger partial charge in [0.25, 0.3) is 0 Å². The fourth-order valence-corrected chi connectivity index (χ4v) is 1.41. The van der Waals surface area contributed by atoms with Gasteiger partial charge in [-0.15, -0.1) is 0 Å². The van der Waals surface area contributed by atoms with E-state index in [4.69, 9.17) is 0 Å². The zero-order valence-electron chi connectivity index (χ0n) is 9.14. The van der Waals surface area contributed by atoms with Crippen LogP contribution in [0.1, 0.15) is 25.5 Å². The van der Waals surface area contributed by atoms with Gasteiger partial charge < -0.3 is 5.32 Å². The van der Waals surface area contributed by atoms with Gasteiger partial charge in [-0.05, 0) is 39.1 Å². The van der Waals surface area contributed by atoms with Crippen LogP contribution in [-0.2, 0) is 0 Å². The lowest BCUT2D eigenvalue weighted by Gasteiger charge is -2.14. The molecule has 0 aliphatic rings. The highest BCUT2D eigenvalue weighted by molar-refractivity contribution is 5.26. The molecule has 82 valence electrons. The lowest BCUT2D eigenvalue weighted by atomic mass is 10.0. The first kappa shape index (κ1) is 11.9. The summed E-state index contributed by atoms with van der Waals surface area (Å²) >= 11 is 0. The Kier molecular flexibility index (Phi) is 3.97. The highest BCUT2D eigenvalue weighted by Crippen LogP contribution is 2.20. The van der Waals surface area contributed by atoms with Crippen LogP contribution in [0.5, 0.6) is 0 Å². The lowest BCUT2D eigenvalue weighted by Crippen LogP contribution is -2.16. The monoisotopic (exact) mass is 211 g/mol. The van der Waals surface area contributed by atoms with Crippen molar-refractivity contribution in [1.82, 2.24) is 5.32 Å². The van der Waals surface area contributed by atoms with Crippen LogP contribution in [0.2, 0.25) is 0 Å². The molecule has 0 fully saturated rings. The molecule has 0 radical (unpaired) electrons. The highest BCUT2D eigenvalue weighted by atomic mass is 19.1. The molecule has 1 unspecified atom stereocenters. The Hall–Kier alpha value is -1.22. The topological polar surface area (TPSA) is 12.0 Å². The molecule has 0 heterocycles. The Morgan fingerprint density at radius 2 is 2.00 bits per heavy atom. The maximum atomic E-state index is 13.4. The molecule has 0 bridgehead atoms. The number of benzene rings is 1. The molecular formula is C12H15F2N. The van der Waals surface area contributed by atoms with Gasteiger partial charge in [0.05, 0.1) is 6.04 Å². The third-order valence-corrected chi connectivity index (χ3v) is 2.10. The minimum absolute atomic E-state index is 0.286. The largest absolute Gasteiger partial charge is 0.310 e. The van der Waals surface area contributed by atoms with Crippen LogP contribution in [0.4, 0.5) is 8.78 Å². The van der Waals surface area contributed by atoms with Gasteiger partial charge in [-0.1, -0.05) is 11.6 Å². The van der Waals surface area contributed by atoms with Crippen LogP contribution >= 0.6 is 0 Å². The maximum absolute atomic E-state index is 13.4. The third-order valence-electron chi connectivity index (χ3n) is 2.10. The Morgan fingerprint density at radius 1 is 1.33 bits per heavy atom. The molecule has 1 atom stereocenters. The predicted octanol–water partition coefficient (Wildman–Crippen LogP) is 3.19. The zero-order chi connectivity index (χ0) is 11.4. The van der Waals surface area contributed by atoms with Gasteiger partial charge in [0.1, 0.15) is 11.6 Å². The summed E-state index contributed by atoms with van der Waals surface area (Å²) in [4.78, 5) is 0. The second kappa shape index (κ2) is 5.03. The molecule has 1 aromatic rings. The summed E-state index contributed by atoms with van der Waals surface area (Å²) in [6.45, 7) is 3.84. The van der Waals surface area contributed by atoms with Crippen LogP contribution in [0.25, 0.3) is 0 Å². The van der Waals surface area contributed by atoms with E-state index < -0.39 is 11.6 Å². The number of nitrogens with one attached hydrogen (secondary N) is 1.